The lowest BCUT2D eigenvalue weighted by molar-refractivity contribution is 0.192. The molecule has 0 aliphatic rings. The van der Waals surface area contributed by atoms with E-state index in [1.54, 1.807) is 7.11 Å². The first-order valence-electron chi connectivity index (χ1n) is 6.56. The highest BCUT2D eigenvalue weighted by Gasteiger charge is 2.09. The van der Waals surface area contributed by atoms with Gasteiger partial charge in [0, 0.05) is 32.1 Å². The van der Waals surface area contributed by atoms with Crippen LogP contribution in [0.25, 0.3) is 0 Å². The molecule has 0 aromatic carbocycles. The molecule has 0 fully saturated rings. The Labute approximate surface area is 109 Å². The van der Waals surface area contributed by atoms with Crippen molar-refractivity contribution in [2.24, 2.45) is 0 Å². The second-order valence-corrected chi connectivity index (χ2v) is 5.47. The maximum absolute atomic E-state index is 5.56. The van der Waals surface area contributed by atoms with Gasteiger partial charge in [0.25, 0.3) is 0 Å². The molecule has 18 heavy (non-hydrogen) atoms. The fourth-order valence-electron chi connectivity index (χ4n) is 1.56. The Morgan fingerprint density at radius 3 is 2.28 bits per heavy atom. The molecule has 1 N–H and O–H groups in total. The fraction of sp³-hybridized carbons (Fsp3) is 0.846. The highest BCUT2D eigenvalue weighted by atomic mass is 16.5. The van der Waals surface area contributed by atoms with Gasteiger partial charge in [-0.15, -0.1) is 10.2 Å². The highest BCUT2D eigenvalue weighted by Crippen LogP contribution is 2.06. The van der Waals surface area contributed by atoms with E-state index in [-0.39, 0.29) is 5.54 Å². The minimum absolute atomic E-state index is 0.167. The monoisotopic (exact) mass is 255 g/mol. The van der Waals surface area contributed by atoms with Crippen molar-refractivity contribution in [1.29, 1.82) is 0 Å². The summed E-state index contributed by atoms with van der Waals surface area (Å²) in [5, 5.41) is 11.5. The predicted molar refractivity (Wildman–Crippen MR) is 70.6 cm³/mol. The third-order valence-electron chi connectivity index (χ3n) is 2.47. The lowest BCUT2D eigenvalue weighted by atomic mass is 10.1. The van der Waals surface area contributed by atoms with Gasteiger partial charge in [0.1, 0.15) is 0 Å². The van der Waals surface area contributed by atoms with Gasteiger partial charge in [-0.3, -0.25) is 0 Å². The van der Waals surface area contributed by atoms with E-state index in [0.717, 1.165) is 44.7 Å². The summed E-state index contributed by atoms with van der Waals surface area (Å²) in [6.45, 7) is 8.17. The van der Waals surface area contributed by atoms with Crippen LogP contribution in [0.15, 0.2) is 4.42 Å². The van der Waals surface area contributed by atoms with Gasteiger partial charge in [-0.2, -0.15) is 0 Å². The average Bonchev–Trinajstić information content (AvgIpc) is 2.72. The SMILES string of the molecule is COCCCc1nnc(CCCNC(C)(C)C)o1. The molecular weight excluding hydrogens is 230 g/mol. The number of aromatic nitrogens is 2. The van der Waals surface area contributed by atoms with Crippen LogP contribution in [0.1, 0.15) is 45.4 Å². The number of hydrogen-bond acceptors (Lipinski definition) is 5. The lowest BCUT2D eigenvalue weighted by Gasteiger charge is -2.19. The molecule has 0 saturated carbocycles. The molecule has 0 spiro atoms. The van der Waals surface area contributed by atoms with Gasteiger partial charge < -0.3 is 14.5 Å². The third-order valence-corrected chi connectivity index (χ3v) is 2.47. The Morgan fingerprint density at radius 2 is 1.72 bits per heavy atom. The molecule has 1 heterocycles. The maximum Gasteiger partial charge on any atom is 0.216 e. The van der Waals surface area contributed by atoms with E-state index in [9.17, 15) is 0 Å². The maximum atomic E-state index is 5.56. The quantitative estimate of drug-likeness (QED) is 0.720. The molecule has 1 rings (SSSR count). The van der Waals surface area contributed by atoms with Gasteiger partial charge in [0.2, 0.25) is 11.8 Å². The van der Waals surface area contributed by atoms with Crippen LogP contribution in [0.2, 0.25) is 0 Å². The second-order valence-electron chi connectivity index (χ2n) is 5.47. The summed E-state index contributed by atoms with van der Waals surface area (Å²) < 4.78 is 10.5. The number of aryl methyl sites for hydroxylation is 2. The van der Waals surface area contributed by atoms with Crippen LogP contribution in [0.5, 0.6) is 0 Å². The highest BCUT2D eigenvalue weighted by molar-refractivity contribution is 4.83. The molecule has 5 nitrogen and oxygen atoms in total. The third kappa shape index (κ3) is 6.71. The van der Waals surface area contributed by atoms with E-state index < -0.39 is 0 Å². The van der Waals surface area contributed by atoms with Crippen molar-refractivity contribution >= 4 is 0 Å². The van der Waals surface area contributed by atoms with Crippen molar-refractivity contribution in [2.75, 3.05) is 20.3 Å². The predicted octanol–water partition coefficient (Wildman–Crippen LogP) is 1.97. The van der Waals surface area contributed by atoms with Crippen LogP contribution in [-0.4, -0.2) is 36.0 Å². The molecule has 0 aliphatic heterocycles. The zero-order valence-corrected chi connectivity index (χ0v) is 12.0. The van der Waals surface area contributed by atoms with Crippen molar-refractivity contribution in [3.63, 3.8) is 0 Å². The molecule has 5 heteroatoms. The van der Waals surface area contributed by atoms with Crippen molar-refractivity contribution in [3.8, 4) is 0 Å². The minimum atomic E-state index is 0.167. The summed E-state index contributed by atoms with van der Waals surface area (Å²) in [4.78, 5) is 0. The van der Waals surface area contributed by atoms with Gasteiger partial charge in [-0.1, -0.05) is 0 Å². The van der Waals surface area contributed by atoms with Crippen molar-refractivity contribution < 1.29 is 9.15 Å². The van der Waals surface area contributed by atoms with E-state index >= 15 is 0 Å². The Morgan fingerprint density at radius 1 is 1.11 bits per heavy atom. The molecule has 1 aromatic heterocycles. The van der Waals surface area contributed by atoms with E-state index in [1.807, 2.05) is 0 Å². The molecule has 0 atom stereocenters. The number of nitrogens with zero attached hydrogens (tertiary/aromatic N) is 2. The Bertz CT molecular complexity index is 331. The van der Waals surface area contributed by atoms with Crippen LogP contribution in [0.3, 0.4) is 0 Å². The van der Waals surface area contributed by atoms with E-state index in [0.29, 0.717) is 5.89 Å². The molecule has 0 aliphatic carbocycles. The topological polar surface area (TPSA) is 60.2 Å². The first-order valence-corrected chi connectivity index (χ1v) is 6.56. The molecule has 104 valence electrons. The Balaban J connectivity index is 2.19. The van der Waals surface area contributed by atoms with Crippen LogP contribution in [0, 0.1) is 0 Å². The number of methoxy groups -OCH3 is 1. The van der Waals surface area contributed by atoms with Crippen LogP contribution in [-0.2, 0) is 17.6 Å². The summed E-state index contributed by atoms with van der Waals surface area (Å²) >= 11 is 0. The smallest absolute Gasteiger partial charge is 0.216 e. The number of rotatable bonds is 8. The van der Waals surface area contributed by atoms with Crippen molar-refractivity contribution in [3.05, 3.63) is 11.8 Å². The van der Waals surface area contributed by atoms with Crippen molar-refractivity contribution in [1.82, 2.24) is 15.5 Å². The number of nitrogens with one attached hydrogen (secondary N) is 1. The minimum Gasteiger partial charge on any atom is -0.425 e. The molecule has 0 unspecified atom stereocenters. The Hall–Kier alpha value is -0.940. The van der Waals surface area contributed by atoms with Crippen molar-refractivity contribution in [2.45, 2.75) is 52.0 Å². The largest absolute Gasteiger partial charge is 0.425 e. The molecule has 1 aromatic rings. The van der Waals surface area contributed by atoms with E-state index in [1.165, 1.54) is 0 Å². The molecule has 0 radical (unpaired) electrons. The Kier molecular flexibility index (Phi) is 6.29. The summed E-state index contributed by atoms with van der Waals surface area (Å²) in [5.74, 6) is 1.45. The number of ether oxygens (including phenoxy) is 1. The van der Waals surface area contributed by atoms with Gasteiger partial charge in [0.05, 0.1) is 0 Å². The summed E-state index contributed by atoms with van der Waals surface area (Å²) in [7, 11) is 1.70. The first-order chi connectivity index (χ1) is 8.51. The molecular formula is C13H25N3O2. The fourth-order valence-corrected chi connectivity index (χ4v) is 1.56. The van der Waals surface area contributed by atoms with E-state index in [2.05, 4.69) is 36.3 Å². The normalized spacial score (nSPS) is 12.0. The molecule has 0 saturated heterocycles. The zero-order valence-electron chi connectivity index (χ0n) is 12.0. The molecule has 0 bridgehead atoms. The number of hydrogen-bond donors (Lipinski definition) is 1. The van der Waals surface area contributed by atoms with Gasteiger partial charge in [-0.25, -0.2) is 0 Å². The van der Waals surface area contributed by atoms with Crippen LogP contribution >= 0.6 is 0 Å². The van der Waals surface area contributed by atoms with Gasteiger partial charge in [0.15, 0.2) is 0 Å². The average molecular weight is 255 g/mol. The lowest BCUT2D eigenvalue weighted by Crippen LogP contribution is -2.36. The second kappa shape index (κ2) is 7.48. The van der Waals surface area contributed by atoms with Crippen LogP contribution in [0.4, 0.5) is 0 Å². The van der Waals surface area contributed by atoms with E-state index in [4.69, 9.17) is 9.15 Å². The zero-order chi connectivity index (χ0) is 13.4. The van der Waals surface area contributed by atoms with Crippen LogP contribution < -0.4 is 5.32 Å². The van der Waals surface area contributed by atoms with Gasteiger partial charge in [-0.05, 0) is 40.2 Å². The first kappa shape index (κ1) is 15.1. The van der Waals surface area contributed by atoms with Gasteiger partial charge >= 0.3 is 0 Å². The summed E-state index contributed by atoms with van der Waals surface area (Å²) in [5.41, 5.74) is 0.167. The standard InChI is InChI=1S/C13H25N3O2/c1-13(2,3)14-9-5-7-11-15-16-12(18-11)8-6-10-17-4/h14H,5-10H2,1-4H3. The molecule has 0 amide bonds. The summed E-state index contributed by atoms with van der Waals surface area (Å²) in [6, 6.07) is 0. The summed E-state index contributed by atoms with van der Waals surface area (Å²) in [6.07, 6.45) is 3.56.